The lowest BCUT2D eigenvalue weighted by Crippen LogP contribution is -2.23. The number of benzene rings is 1. The zero-order chi connectivity index (χ0) is 15.2. The van der Waals surface area contributed by atoms with Crippen LogP contribution in [0.25, 0.3) is 0 Å². The minimum absolute atomic E-state index is 0.251. The Kier molecular flexibility index (Phi) is 4.89. The maximum Gasteiger partial charge on any atom is 0.409 e. The second-order valence-corrected chi connectivity index (χ2v) is 5.07. The number of carbonyl (C=O) groups excluding carboxylic acids is 1. The molecule has 0 bridgehead atoms. The van der Waals surface area contributed by atoms with Gasteiger partial charge in [-0.05, 0) is 36.4 Å². The topological polar surface area (TPSA) is 91.3 Å². The molecule has 0 aliphatic rings. The van der Waals surface area contributed by atoms with E-state index in [1.165, 1.54) is 12.1 Å². The van der Waals surface area contributed by atoms with E-state index in [-0.39, 0.29) is 5.91 Å². The number of halogens is 1. The third-order valence-electron chi connectivity index (χ3n) is 2.61. The molecule has 0 saturated carbocycles. The molecule has 0 aliphatic carbocycles. The standard InChI is InChI=1S/C14H12BrN3O3/c15-10-5-6-16-12(7-10)8-17-13(19)9-1-3-11(4-2-9)18-14(20)21/h1-7,18H,8H2,(H,17,19)(H,20,21). The van der Waals surface area contributed by atoms with Crippen LogP contribution in [0.4, 0.5) is 10.5 Å². The Balaban J connectivity index is 1.95. The second-order valence-electron chi connectivity index (χ2n) is 4.16. The van der Waals surface area contributed by atoms with Crippen molar-refractivity contribution < 1.29 is 14.7 Å². The summed E-state index contributed by atoms with van der Waals surface area (Å²) in [7, 11) is 0. The van der Waals surface area contributed by atoms with E-state index in [4.69, 9.17) is 5.11 Å². The summed E-state index contributed by atoms with van der Waals surface area (Å²) in [5.74, 6) is -0.251. The van der Waals surface area contributed by atoms with Gasteiger partial charge >= 0.3 is 6.09 Å². The summed E-state index contributed by atoms with van der Waals surface area (Å²) in [4.78, 5) is 26.6. The first-order chi connectivity index (χ1) is 10.0. The molecule has 0 atom stereocenters. The van der Waals surface area contributed by atoms with Crippen molar-refractivity contribution in [3.63, 3.8) is 0 Å². The van der Waals surface area contributed by atoms with Gasteiger partial charge in [0.05, 0.1) is 12.2 Å². The first-order valence-electron chi connectivity index (χ1n) is 6.03. The van der Waals surface area contributed by atoms with Crippen molar-refractivity contribution in [2.24, 2.45) is 0 Å². The summed E-state index contributed by atoms with van der Waals surface area (Å²) in [6.07, 6.45) is 0.505. The molecule has 0 fully saturated rings. The van der Waals surface area contributed by atoms with E-state index in [0.717, 1.165) is 10.2 Å². The van der Waals surface area contributed by atoms with Crippen molar-refractivity contribution in [1.82, 2.24) is 10.3 Å². The van der Waals surface area contributed by atoms with Gasteiger partial charge in [0.25, 0.3) is 5.91 Å². The Morgan fingerprint density at radius 3 is 2.52 bits per heavy atom. The minimum Gasteiger partial charge on any atom is -0.465 e. The first-order valence-corrected chi connectivity index (χ1v) is 6.82. The van der Waals surface area contributed by atoms with Crippen LogP contribution in [0, 0.1) is 0 Å². The number of rotatable bonds is 4. The van der Waals surface area contributed by atoms with Gasteiger partial charge in [-0.25, -0.2) is 4.79 Å². The van der Waals surface area contributed by atoms with Crippen molar-refractivity contribution in [2.75, 3.05) is 5.32 Å². The summed E-state index contributed by atoms with van der Waals surface area (Å²) in [5.41, 5.74) is 1.59. The van der Waals surface area contributed by atoms with Gasteiger partial charge in [0.15, 0.2) is 0 Å². The molecule has 2 aromatic rings. The van der Waals surface area contributed by atoms with Gasteiger partial charge in [-0.1, -0.05) is 15.9 Å². The molecule has 7 heteroatoms. The summed E-state index contributed by atoms with van der Waals surface area (Å²) in [6, 6.07) is 9.78. The summed E-state index contributed by atoms with van der Waals surface area (Å²) < 4.78 is 0.894. The fourth-order valence-corrected chi connectivity index (χ4v) is 2.03. The number of nitrogens with one attached hydrogen (secondary N) is 2. The molecule has 1 aromatic heterocycles. The number of hydrogen-bond donors (Lipinski definition) is 3. The Morgan fingerprint density at radius 2 is 1.90 bits per heavy atom. The van der Waals surface area contributed by atoms with Crippen molar-refractivity contribution in [3.05, 3.63) is 58.3 Å². The molecule has 0 radical (unpaired) electrons. The second kappa shape index (κ2) is 6.85. The molecule has 1 aromatic carbocycles. The predicted molar refractivity (Wildman–Crippen MR) is 81.2 cm³/mol. The highest BCUT2D eigenvalue weighted by Crippen LogP contribution is 2.11. The predicted octanol–water partition coefficient (Wildman–Crippen LogP) is 2.86. The molecule has 0 unspecified atom stereocenters. The highest BCUT2D eigenvalue weighted by Gasteiger charge is 2.06. The van der Waals surface area contributed by atoms with Gasteiger partial charge in [0.1, 0.15) is 0 Å². The van der Waals surface area contributed by atoms with E-state index >= 15 is 0 Å². The zero-order valence-corrected chi connectivity index (χ0v) is 12.4. The third kappa shape index (κ3) is 4.57. The Hall–Kier alpha value is -2.41. The van der Waals surface area contributed by atoms with Crippen LogP contribution in [0.15, 0.2) is 47.1 Å². The number of aromatic nitrogens is 1. The molecule has 0 aliphatic heterocycles. The fraction of sp³-hybridized carbons (Fsp3) is 0.0714. The molecule has 0 saturated heterocycles. The molecule has 1 heterocycles. The number of amides is 2. The van der Waals surface area contributed by atoms with Crippen LogP contribution in [0.2, 0.25) is 0 Å². The Labute approximate surface area is 129 Å². The fourth-order valence-electron chi connectivity index (χ4n) is 1.65. The molecular weight excluding hydrogens is 338 g/mol. The van der Waals surface area contributed by atoms with Gasteiger partial charge in [-0.3, -0.25) is 15.1 Å². The van der Waals surface area contributed by atoms with Crippen molar-refractivity contribution in [2.45, 2.75) is 6.54 Å². The average Bonchev–Trinajstić information content (AvgIpc) is 2.45. The van der Waals surface area contributed by atoms with Crippen LogP contribution in [-0.4, -0.2) is 22.1 Å². The number of nitrogens with zero attached hydrogens (tertiary/aromatic N) is 1. The summed E-state index contributed by atoms with van der Waals surface area (Å²) in [6.45, 7) is 0.313. The highest BCUT2D eigenvalue weighted by atomic mass is 79.9. The van der Waals surface area contributed by atoms with E-state index in [2.05, 4.69) is 31.5 Å². The van der Waals surface area contributed by atoms with Crippen LogP contribution in [-0.2, 0) is 6.54 Å². The quantitative estimate of drug-likeness (QED) is 0.791. The molecule has 6 nitrogen and oxygen atoms in total. The normalized spacial score (nSPS) is 9.95. The molecule has 21 heavy (non-hydrogen) atoms. The van der Waals surface area contributed by atoms with E-state index < -0.39 is 6.09 Å². The SMILES string of the molecule is O=C(O)Nc1ccc(C(=O)NCc2cc(Br)ccn2)cc1. The monoisotopic (exact) mass is 349 g/mol. The number of carbonyl (C=O) groups is 2. The molecule has 108 valence electrons. The lowest BCUT2D eigenvalue weighted by molar-refractivity contribution is 0.0950. The average molecular weight is 350 g/mol. The van der Waals surface area contributed by atoms with Crippen molar-refractivity contribution >= 4 is 33.6 Å². The van der Waals surface area contributed by atoms with Crippen molar-refractivity contribution in [3.8, 4) is 0 Å². The minimum atomic E-state index is -1.15. The van der Waals surface area contributed by atoms with E-state index in [1.807, 2.05) is 6.07 Å². The van der Waals surface area contributed by atoms with Crippen LogP contribution in [0.5, 0.6) is 0 Å². The number of pyridine rings is 1. The van der Waals surface area contributed by atoms with Crippen LogP contribution in [0.1, 0.15) is 16.1 Å². The van der Waals surface area contributed by atoms with Crippen molar-refractivity contribution in [1.29, 1.82) is 0 Å². The smallest absolute Gasteiger partial charge is 0.409 e. The van der Waals surface area contributed by atoms with Gasteiger partial charge in [-0.2, -0.15) is 0 Å². The summed E-state index contributed by atoms with van der Waals surface area (Å²) >= 11 is 3.33. The van der Waals surface area contributed by atoms with E-state index in [1.54, 1.807) is 24.4 Å². The van der Waals surface area contributed by atoms with E-state index in [0.29, 0.717) is 17.8 Å². The lowest BCUT2D eigenvalue weighted by Gasteiger charge is -2.06. The van der Waals surface area contributed by atoms with Gasteiger partial charge in [0, 0.05) is 21.9 Å². The highest BCUT2D eigenvalue weighted by molar-refractivity contribution is 9.10. The maximum atomic E-state index is 11.9. The zero-order valence-electron chi connectivity index (χ0n) is 10.8. The Morgan fingerprint density at radius 1 is 1.19 bits per heavy atom. The number of hydrogen-bond acceptors (Lipinski definition) is 3. The Bertz CT molecular complexity index is 659. The van der Waals surface area contributed by atoms with E-state index in [9.17, 15) is 9.59 Å². The molecular formula is C14H12BrN3O3. The van der Waals surface area contributed by atoms with Gasteiger partial charge < -0.3 is 10.4 Å². The molecule has 3 N–H and O–H groups in total. The number of carboxylic acid groups (broad SMARTS) is 1. The molecule has 2 amide bonds. The molecule has 2 rings (SSSR count). The maximum absolute atomic E-state index is 11.9. The third-order valence-corrected chi connectivity index (χ3v) is 3.10. The van der Waals surface area contributed by atoms with Crippen LogP contribution >= 0.6 is 15.9 Å². The first kappa shape index (κ1) is 15.0. The lowest BCUT2D eigenvalue weighted by atomic mass is 10.2. The van der Waals surface area contributed by atoms with Crippen LogP contribution in [0.3, 0.4) is 0 Å². The summed E-state index contributed by atoms with van der Waals surface area (Å²) in [5, 5.41) is 13.5. The van der Waals surface area contributed by atoms with Gasteiger partial charge in [0.2, 0.25) is 0 Å². The van der Waals surface area contributed by atoms with Crippen LogP contribution < -0.4 is 10.6 Å². The van der Waals surface area contributed by atoms with Gasteiger partial charge in [-0.15, -0.1) is 0 Å². The number of anilines is 1. The molecule has 0 spiro atoms. The largest absolute Gasteiger partial charge is 0.465 e.